The van der Waals surface area contributed by atoms with Gasteiger partial charge >= 0.3 is 0 Å². The van der Waals surface area contributed by atoms with Crippen molar-refractivity contribution in [3.8, 4) is 11.5 Å². The molecule has 1 aliphatic heterocycles. The predicted octanol–water partition coefficient (Wildman–Crippen LogP) is 0.951. The van der Waals surface area contributed by atoms with Crippen molar-refractivity contribution in [3.05, 3.63) is 23.8 Å². The van der Waals surface area contributed by atoms with Crippen molar-refractivity contribution in [2.45, 2.75) is 6.04 Å². The van der Waals surface area contributed by atoms with E-state index in [0.717, 1.165) is 49.8 Å². The van der Waals surface area contributed by atoms with E-state index in [1.807, 2.05) is 18.2 Å². The number of methoxy groups -OCH3 is 2. The maximum Gasteiger partial charge on any atom is 0.123 e. The van der Waals surface area contributed by atoms with Crippen molar-refractivity contribution in [1.82, 2.24) is 9.80 Å². The highest BCUT2D eigenvalue weighted by atomic mass is 16.5. The summed E-state index contributed by atoms with van der Waals surface area (Å²) in [4.78, 5) is 4.75. The van der Waals surface area contributed by atoms with E-state index in [-0.39, 0.29) is 6.04 Å². The van der Waals surface area contributed by atoms with E-state index in [1.165, 1.54) is 0 Å². The number of likely N-dealkylation sites (N-methyl/N-ethyl adjacent to an activating group) is 1. The quantitative estimate of drug-likeness (QED) is 0.870. The van der Waals surface area contributed by atoms with Gasteiger partial charge in [-0.15, -0.1) is 0 Å². The standard InChI is InChI=1S/C15H25N3O2/c1-17-6-8-18(9-7-17)11-14(16)13-10-12(19-2)4-5-15(13)20-3/h4-5,10,14H,6-9,11,16H2,1-3H3. The van der Waals surface area contributed by atoms with Gasteiger partial charge in [-0.1, -0.05) is 0 Å². The minimum Gasteiger partial charge on any atom is -0.497 e. The van der Waals surface area contributed by atoms with Crippen LogP contribution in [0.15, 0.2) is 18.2 Å². The summed E-state index contributed by atoms with van der Waals surface area (Å²) >= 11 is 0. The third-order valence-electron chi connectivity index (χ3n) is 3.89. The van der Waals surface area contributed by atoms with Gasteiger partial charge in [0.1, 0.15) is 11.5 Å². The molecule has 1 aromatic rings. The average molecular weight is 279 g/mol. The van der Waals surface area contributed by atoms with Crippen molar-refractivity contribution in [2.24, 2.45) is 5.73 Å². The molecule has 112 valence electrons. The molecule has 1 unspecified atom stereocenters. The van der Waals surface area contributed by atoms with Gasteiger partial charge in [0, 0.05) is 44.3 Å². The van der Waals surface area contributed by atoms with Gasteiger partial charge in [-0.3, -0.25) is 4.90 Å². The summed E-state index contributed by atoms with van der Waals surface area (Å²) in [7, 11) is 5.49. The molecule has 5 heteroatoms. The van der Waals surface area contributed by atoms with Crippen molar-refractivity contribution in [2.75, 3.05) is 54.0 Å². The van der Waals surface area contributed by atoms with Crippen LogP contribution in [0.5, 0.6) is 11.5 Å². The maximum absolute atomic E-state index is 6.37. The van der Waals surface area contributed by atoms with Crippen LogP contribution in [-0.4, -0.2) is 63.8 Å². The van der Waals surface area contributed by atoms with Crippen LogP contribution in [0.2, 0.25) is 0 Å². The van der Waals surface area contributed by atoms with Crippen molar-refractivity contribution in [1.29, 1.82) is 0 Å². The molecule has 5 nitrogen and oxygen atoms in total. The van der Waals surface area contributed by atoms with Gasteiger partial charge in [0.05, 0.1) is 14.2 Å². The fraction of sp³-hybridized carbons (Fsp3) is 0.600. The first-order valence-corrected chi connectivity index (χ1v) is 7.02. The Labute approximate surface area is 121 Å². The van der Waals surface area contributed by atoms with Gasteiger partial charge in [0.15, 0.2) is 0 Å². The van der Waals surface area contributed by atoms with Crippen LogP contribution in [0.4, 0.5) is 0 Å². The topological polar surface area (TPSA) is 51.0 Å². The molecular weight excluding hydrogens is 254 g/mol. The SMILES string of the molecule is COc1ccc(OC)c(C(N)CN2CCN(C)CC2)c1. The summed E-state index contributed by atoms with van der Waals surface area (Å²) in [6.45, 7) is 5.17. The van der Waals surface area contributed by atoms with Gasteiger partial charge in [-0.05, 0) is 25.2 Å². The van der Waals surface area contributed by atoms with E-state index in [2.05, 4.69) is 16.8 Å². The molecule has 1 heterocycles. The zero-order valence-electron chi connectivity index (χ0n) is 12.6. The number of benzene rings is 1. The van der Waals surface area contributed by atoms with Crippen LogP contribution in [0, 0.1) is 0 Å². The Bertz CT molecular complexity index is 431. The molecule has 0 spiro atoms. The second-order valence-corrected chi connectivity index (χ2v) is 5.32. The molecule has 2 rings (SSSR count). The highest BCUT2D eigenvalue weighted by Crippen LogP contribution is 2.28. The normalized spacial score (nSPS) is 18.8. The summed E-state index contributed by atoms with van der Waals surface area (Å²) in [5.74, 6) is 1.64. The molecule has 2 N–H and O–H groups in total. The second-order valence-electron chi connectivity index (χ2n) is 5.32. The fourth-order valence-electron chi connectivity index (χ4n) is 2.54. The summed E-state index contributed by atoms with van der Waals surface area (Å²) in [5, 5.41) is 0. The molecule has 0 radical (unpaired) electrons. The first-order valence-electron chi connectivity index (χ1n) is 7.02. The van der Waals surface area contributed by atoms with Gasteiger partial charge in [-0.2, -0.15) is 0 Å². The highest BCUT2D eigenvalue weighted by molar-refractivity contribution is 5.42. The Morgan fingerprint density at radius 3 is 2.45 bits per heavy atom. The third kappa shape index (κ3) is 3.62. The maximum atomic E-state index is 6.37. The van der Waals surface area contributed by atoms with Gasteiger partial charge in [0.2, 0.25) is 0 Å². The molecular formula is C15H25N3O2. The smallest absolute Gasteiger partial charge is 0.123 e. The lowest BCUT2D eigenvalue weighted by Crippen LogP contribution is -2.46. The average Bonchev–Trinajstić information content (AvgIpc) is 2.48. The Kier molecular flexibility index (Phi) is 5.23. The van der Waals surface area contributed by atoms with Crippen LogP contribution in [0.3, 0.4) is 0 Å². The largest absolute Gasteiger partial charge is 0.497 e. The molecule has 0 amide bonds. The lowest BCUT2D eigenvalue weighted by Gasteiger charge is -2.34. The first-order chi connectivity index (χ1) is 9.63. The zero-order valence-corrected chi connectivity index (χ0v) is 12.6. The van der Waals surface area contributed by atoms with Crippen molar-refractivity contribution in [3.63, 3.8) is 0 Å². The Hall–Kier alpha value is -1.30. The summed E-state index contributed by atoms with van der Waals surface area (Å²) in [5.41, 5.74) is 7.37. The van der Waals surface area contributed by atoms with Crippen molar-refractivity contribution < 1.29 is 9.47 Å². The number of hydrogen-bond donors (Lipinski definition) is 1. The Morgan fingerprint density at radius 1 is 1.15 bits per heavy atom. The lowest BCUT2D eigenvalue weighted by atomic mass is 10.0. The van der Waals surface area contributed by atoms with E-state index < -0.39 is 0 Å². The van der Waals surface area contributed by atoms with Crippen LogP contribution in [0.25, 0.3) is 0 Å². The molecule has 1 fully saturated rings. The van der Waals surface area contributed by atoms with Crippen LogP contribution in [-0.2, 0) is 0 Å². The fourth-order valence-corrected chi connectivity index (χ4v) is 2.54. The number of nitrogens with two attached hydrogens (primary N) is 1. The van der Waals surface area contributed by atoms with Crippen LogP contribution < -0.4 is 15.2 Å². The monoisotopic (exact) mass is 279 g/mol. The summed E-state index contributed by atoms with van der Waals surface area (Å²) < 4.78 is 10.7. The summed E-state index contributed by atoms with van der Waals surface area (Å²) in [6, 6.07) is 5.71. The molecule has 1 aliphatic rings. The third-order valence-corrected chi connectivity index (χ3v) is 3.89. The number of rotatable bonds is 5. The summed E-state index contributed by atoms with van der Waals surface area (Å²) in [6.07, 6.45) is 0. The van der Waals surface area contributed by atoms with Crippen molar-refractivity contribution >= 4 is 0 Å². The molecule has 0 aliphatic carbocycles. The van der Waals surface area contributed by atoms with Gasteiger partial charge < -0.3 is 20.1 Å². The predicted molar refractivity (Wildman–Crippen MR) is 80.4 cm³/mol. The molecule has 20 heavy (non-hydrogen) atoms. The van der Waals surface area contributed by atoms with E-state index in [9.17, 15) is 0 Å². The highest BCUT2D eigenvalue weighted by Gasteiger charge is 2.19. The minimum atomic E-state index is -0.0662. The number of ether oxygens (including phenoxy) is 2. The van der Waals surface area contributed by atoms with E-state index in [1.54, 1.807) is 14.2 Å². The molecule has 1 aromatic carbocycles. The first kappa shape index (κ1) is 15.1. The number of piperazine rings is 1. The van der Waals surface area contributed by atoms with Gasteiger partial charge in [-0.25, -0.2) is 0 Å². The Morgan fingerprint density at radius 2 is 1.85 bits per heavy atom. The van der Waals surface area contributed by atoms with E-state index >= 15 is 0 Å². The molecule has 0 aromatic heterocycles. The van der Waals surface area contributed by atoms with Gasteiger partial charge in [0.25, 0.3) is 0 Å². The molecule has 0 bridgehead atoms. The lowest BCUT2D eigenvalue weighted by molar-refractivity contribution is 0.147. The van der Waals surface area contributed by atoms with E-state index in [4.69, 9.17) is 15.2 Å². The molecule has 0 saturated carbocycles. The van der Waals surface area contributed by atoms with Crippen LogP contribution >= 0.6 is 0 Å². The Balaban J connectivity index is 2.05. The zero-order chi connectivity index (χ0) is 14.5. The molecule has 1 saturated heterocycles. The van der Waals surface area contributed by atoms with E-state index in [0.29, 0.717) is 0 Å². The second kappa shape index (κ2) is 6.92. The number of hydrogen-bond acceptors (Lipinski definition) is 5. The number of nitrogens with zero attached hydrogens (tertiary/aromatic N) is 2. The van der Waals surface area contributed by atoms with Crippen LogP contribution in [0.1, 0.15) is 11.6 Å². The molecule has 1 atom stereocenters. The minimum absolute atomic E-state index is 0.0662.